The molecule has 2 aromatic rings. The number of hydrogen-bond acceptors (Lipinski definition) is 6. The first-order valence-electron chi connectivity index (χ1n) is 7.86. The molecule has 2 heterocycles. The molecule has 1 aliphatic heterocycles. The number of alkyl halides is 1. The Kier molecular flexibility index (Phi) is 5.42. The molecule has 25 heavy (non-hydrogen) atoms. The van der Waals surface area contributed by atoms with Crippen molar-refractivity contribution in [1.82, 2.24) is 9.55 Å². The van der Waals surface area contributed by atoms with E-state index in [1.54, 1.807) is 6.07 Å². The molecule has 0 spiro atoms. The lowest BCUT2D eigenvalue weighted by molar-refractivity contribution is -0.0624. The second-order valence-corrected chi connectivity index (χ2v) is 5.66. The minimum absolute atomic E-state index is 0.172. The second kappa shape index (κ2) is 7.73. The van der Waals surface area contributed by atoms with Crippen LogP contribution in [0.1, 0.15) is 6.23 Å². The number of aromatic nitrogens is 2. The number of rotatable bonds is 6. The maximum atomic E-state index is 14.6. The lowest BCUT2D eigenvalue weighted by Crippen LogP contribution is -2.35. The molecule has 0 amide bonds. The number of nitrogens with one attached hydrogen (secondary N) is 1. The van der Waals surface area contributed by atoms with Gasteiger partial charge in [-0.2, -0.15) is 4.98 Å². The third-order valence-corrected chi connectivity index (χ3v) is 4.02. The highest BCUT2D eigenvalue weighted by atomic mass is 19.1. The van der Waals surface area contributed by atoms with E-state index < -0.39 is 30.3 Å². The van der Waals surface area contributed by atoms with Gasteiger partial charge in [0.2, 0.25) is 0 Å². The molecule has 1 aliphatic rings. The molecule has 0 aliphatic carbocycles. The van der Waals surface area contributed by atoms with Gasteiger partial charge in [0.1, 0.15) is 18.0 Å². The molecule has 7 nitrogen and oxygen atoms in total. The Morgan fingerprint density at radius 1 is 1.28 bits per heavy atom. The van der Waals surface area contributed by atoms with Gasteiger partial charge in [0.15, 0.2) is 12.4 Å². The van der Waals surface area contributed by atoms with E-state index in [0.717, 1.165) is 10.3 Å². The van der Waals surface area contributed by atoms with Crippen molar-refractivity contribution in [3.8, 4) is 0 Å². The zero-order chi connectivity index (χ0) is 17.8. The second-order valence-electron chi connectivity index (χ2n) is 5.66. The average Bonchev–Trinajstić information content (AvgIpc) is 2.92. The minimum atomic E-state index is -1.50. The summed E-state index contributed by atoms with van der Waals surface area (Å²) >= 11 is 0. The fourth-order valence-electron chi connectivity index (χ4n) is 2.84. The van der Waals surface area contributed by atoms with Gasteiger partial charge >= 0.3 is 5.69 Å². The minimum Gasteiger partial charge on any atom is -0.382 e. The van der Waals surface area contributed by atoms with Gasteiger partial charge in [-0.05, 0) is 18.2 Å². The van der Waals surface area contributed by atoms with E-state index in [0.29, 0.717) is 5.82 Å². The van der Waals surface area contributed by atoms with E-state index in [2.05, 4.69) is 10.3 Å². The van der Waals surface area contributed by atoms with E-state index in [9.17, 15) is 9.18 Å². The van der Waals surface area contributed by atoms with E-state index in [1.807, 2.05) is 30.3 Å². The molecule has 1 fully saturated rings. The molecule has 4 atom stereocenters. The Bertz CT molecular complexity index is 755. The number of anilines is 2. The molecule has 1 N–H and O–H groups in total. The topological polar surface area (TPSA) is 74.6 Å². The number of halogens is 1. The Labute approximate surface area is 144 Å². The lowest BCUT2D eigenvalue weighted by Gasteiger charge is -2.16. The highest BCUT2D eigenvalue weighted by molar-refractivity contribution is 5.54. The van der Waals surface area contributed by atoms with Gasteiger partial charge in [0.05, 0.1) is 6.61 Å². The van der Waals surface area contributed by atoms with Crippen molar-refractivity contribution in [3.63, 3.8) is 0 Å². The number of ether oxygens (including phenoxy) is 3. The predicted molar refractivity (Wildman–Crippen MR) is 89.7 cm³/mol. The van der Waals surface area contributed by atoms with E-state index in [4.69, 9.17) is 14.2 Å². The molecule has 8 heteroatoms. The molecule has 1 saturated heterocycles. The summed E-state index contributed by atoms with van der Waals surface area (Å²) in [6.45, 7) is 0.172. The fraction of sp³-hybridized carbons (Fsp3) is 0.412. The first-order chi connectivity index (χ1) is 12.1. The fourth-order valence-corrected chi connectivity index (χ4v) is 2.84. The smallest absolute Gasteiger partial charge is 0.351 e. The summed E-state index contributed by atoms with van der Waals surface area (Å²) in [5.74, 6) is 0.373. The maximum Gasteiger partial charge on any atom is 0.351 e. The Hall–Kier alpha value is -2.29. The quantitative estimate of drug-likeness (QED) is 0.858. The van der Waals surface area contributed by atoms with Gasteiger partial charge in [0.25, 0.3) is 0 Å². The normalized spacial score (nSPS) is 25.9. The molecule has 0 radical (unpaired) electrons. The van der Waals surface area contributed by atoms with Gasteiger partial charge in [-0.3, -0.25) is 4.57 Å². The highest BCUT2D eigenvalue weighted by Gasteiger charge is 2.46. The van der Waals surface area contributed by atoms with Crippen LogP contribution < -0.4 is 11.0 Å². The number of nitrogens with zero attached hydrogens (tertiary/aromatic N) is 2. The van der Waals surface area contributed by atoms with E-state index >= 15 is 0 Å². The number of hydrogen-bond donors (Lipinski definition) is 1. The van der Waals surface area contributed by atoms with Crippen LogP contribution in [-0.4, -0.2) is 48.8 Å². The molecular formula is C17H20FN3O4. The largest absolute Gasteiger partial charge is 0.382 e. The summed E-state index contributed by atoms with van der Waals surface area (Å²) in [6, 6.07) is 10.9. The lowest BCUT2D eigenvalue weighted by atomic mass is 10.1. The molecule has 134 valence electrons. The first kappa shape index (κ1) is 17.5. The monoisotopic (exact) mass is 349 g/mol. The number of benzene rings is 1. The van der Waals surface area contributed by atoms with Crippen LogP contribution >= 0.6 is 0 Å². The van der Waals surface area contributed by atoms with Crippen molar-refractivity contribution in [1.29, 1.82) is 0 Å². The van der Waals surface area contributed by atoms with Crippen LogP contribution in [0.25, 0.3) is 0 Å². The molecule has 3 rings (SSSR count). The Morgan fingerprint density at radius 3 is 2.68 bits per heavy atom. The molecule has 0 bridgehead atoms. The summed E-state index contributed by atoms with van der Waals surface area (Å²) in [7, 11) is 2.90. The standard InChI is InChI=1S/C17H20FN3O4/c1-23-10-12-15(24-2)14(18)16(25-12)21-9-8-13(20-17(21)22)19-11-6-4-3-5-7-11/h3-9,12,14-16H,10H2,1-2H3,(H,19,20,22)/t12-,14?,15+,16-/m1/s1. The zero-order valence-electron chi connectivity index (χ0n) is 14.0. The Balaban J connectivity index is 1.80. The van der Waals surface area contributed by atoms with Crippen molar-refractivity contribution in [2.75, 3.05) is 26.1 Å². The predicted octanol–water partition coefficient (Wildman–Crippen LogP) is 1.88. The van der Waals surface area contributed by atoms with Crippen molar-refractivity contribution in [2.24, 2.45) is 0 Å². The summed E-state index contributed by atoms with van der Waals surface area (Å²) in [6.07, 6.45) is -2.55. The Morgan fingerprint density at radius 2 is 2.04 bits per heavy atom. The molecule has 0 saturated carbocycles. The summed E-state index contributed by atoms with van der Waals surface area (Å²) in [5.41, 5.74) is 0.189. The first-order valence-corrected chi connectivity index (χ1v) is 7.86. The van der Waals surface area contributed by atoms with Crippen molar-refractivity contribution >= 4 is 11.5 Å². The van der Waals surface area contributed by atoms with Crippen molar-refractivity contribution in [2.45, 2.75) is 24.6 Å². The third kappa shape index (κ3) is 3.71. The van der Waals surface area contributed by atoms with Crippen LogP contribution in [0.3, 0.4) is 0 Å². The molecule has 1 aromatic heterocycles. The molecule has 1 aromatic carbocycles. The van der Waals surface area contributed by atoms with Crippen molar-refractivity contribution in [3.05, 3.63) is 53.1 Å². The summed E-state index contributed by atoms with van der Waals surface area (Å²) in [4.78, 5) is 16.3. The van der Waals surface area contributed by atoms with Crippen LogP contribution in [0.5, 0.6) is 0 Å². The van der Waals surface area contributed by atoms with Gasteiger partial charge in [-0.1, -0.05) is 18.2 Å². The highest BCUT2D eigenvalue weighted by Crippen LogP contribution is 2.32. The van der Waals surface area contributed by atoms with E-state index in [1.165, 1.54) is 20.4 Å². The SMILES string of the molecule is COC[C@H]1O[C@@H](n2ccc(Nc3ccccc3)nc2=O)C(F)[C@H]1OC. The van der Waals surface area contributed by atoms with Crippen LogP contribution in [0, 0.1) is 0 Å². The van der Waals surface area contributed by atoms with Crippen LogP contribution in [-0.2, 0) is 14.2 Å². The number of methoxy groups -OCH3 is 2. The van der Waals surface area contributed by atoms with Gasteiger partial charge in [0, 0.05) is 26.1 Å². The van der Waals surface area contributed by atoms with Gasteiger partial charge in [-0.15, -0.1) is 0 Å². The van der Waals surface area contributed by atoms with Crippen LogP contribution in [0.2, 0.25) is 0 Å². The molecular weight excluding hydrogens is 329 g/mol. The van der Waals surface area contributed by atoms with Crippen LogP contribution in [0.4, 0.5) is 15.9 Å². The van der Waals surface area contributed by atoms with Crippen LogP contribution in [0.15, 0.2) is 47.4 Å². The number of para-hydroxylation sites is 1. The van der Waals surface area contributed by atoms with E-state index in [-0.39, 0.29) is 6.61 Å². The summed E-state index contributed by atoms with van der Waals surface area (Å²) in [5, 5.41) is 3.02. The summed E-state index contributed by atoms with van der Waals surface area (Å²) < 4.78 is 31.6. The van der Waals surface area contributed by atoms with Gasteiger partial charge < -0.3 is 19.5 Å². The average molecular weight is 349 g/mol. The maximum absolute atomic E-state index is 14.6. The molecule has 1 unspecified atom stereocenters. The zero-order valence-corrected chi connectivity index (χ0v) is 14.0. The third-order valence-electron chi connectivity index (χ3n) is 4.02. The van der Waals surface area contributed by atoms with Gasteiger partial charge in [-0.25, -0.2) is 9.18 Å². The van der Waals surface area contributed by atoms with Crippen molar-refractivity contribution < 1.29 is 18.6 Å².